The zero-order valence-electron chi connectivity index (χ0n) is 10.3. The maximum Gasteiger partial charge on any atom is 0.266 e. The number of halogens is 3. The molecule has 0 aliphatic rings. The number of rotatable bonds is 3. The van der Waals surface area contributed by atoms with Crippen molar-refractivity contribution < 1.29 is 17.4 Å². The van der Waals surface area contributed by atoms with E-state index >= 15 is 0 Å². The third-order valence-electron chi connectivity index (χ3n) is 2.10. The highest BCUT2D eigenvalue weighted by molar-refractivity contribution is 7.85. The second-order valence-corrected chi connectivity index (χ2v) is 6.58. The highest BCUT2D eigenvalue weighted by Gasteiger charge is 2.19. The van der Waals surface area contributed by atoms with E-state index in [2.05, 4.69) is 4.40 Å². The fraction of sp³-hybridized carbons (Fsp3) is 0.417. The van der Waals surface area contributed by atoms with Gasteiger partial charge in [0.05, 0.1) is 10.3 Å². The highest BCUT2D eigenvalue weighted by Crippen LogP contribution is 2.23. The molecule has 1 aromatic rings. The minimum atomic E-state index is -2.88. The van der Waals surface area contributed by atoms with E-state index in [-0.39, 0.29) is 5.56 Å². The van der Waals surface area contributed by atoms with E-state index in [0.29, 0.717) is 0 Å². The standard InChI is InChI=1S/C12H14F3NOS/c1-12(2,3)18(17)16-7-8-5-4-6-9(10(8)13)11(14)15/h4-7,11H,1-3H3/t18-/m0/s1. The Hall–Kier alpha value is -1.17. The van der Waals surface area contributed by atoms with Crippen LogP contribution in [0.3, 0.4) is 0 Å². The van der Waals surface area contributed by atoms with Gasteiger partial charge in [-0.1, -0.05) is 18.2 Å². The summed E-state index contributed by atoms with van der Waals surface area (Å²) >= 11 is 0. The van der Waals surface area contributed by atoms with Crippen LogP contribution in [0.2, 0.25) is 0 Å². The second kappa shape index (κ2) is 5.65. The molecule has 1 atom stereocenters. The SMILES string of the molecule is CC(C)(C)[S@](=O)N=Cc1cccc(C(F)F)c1F. The molecule has 0 saturated heterocycles. The number of benzene rings is 1. The Balaban J connectivity index is 3.03. The van der Waals surface area contributed by atoms with E-state index in [1.807, 2.05) is 0 Å². The summed E-state index contributed by atoms with van der Waals surface area (Å²) in [5, 5.41) is 0. The van der Waals surface area contributed by atoms with Crippen LogP contribution in [0.5, 0.6) is 0 Å². The van der Waals surface area contributed by atoms with Crippen molar-refractivity contribution in [2.45, 2.75) is 31.9 Å². The molecule has 0 aliphatic carbocycles. The molecule has 0 aliphatic heterocycles. The van der Waals surface area contributed by atoms with Gasteiger partial charge in [-0.2, -0.15) is 4.40 Å². The maximum atomic E-state index is 13.6. The third kappa shape index (κ3) is 3.66. The van der Waals surface area contributed by atoms with Crippen LogP contribution >= 0.6 is 0 Å². The Morgan fingerprint density at radius 2 is 1.94 bits per heavy atom. The van der Waals surface area contributed by atoms with Gasteiger partial charge in [0, 0.05) is 11.8 Å². The number of nitrogens with zero attached hydrogens (tertiary/aromatic N) is 1. The van der Waals surface area contributed by atoms with Gasteiger partial charge >= 0.3 is 0 Å². The molecule has 0 fully saturated rings. The molecule has 2 nitrogen and oxygen atoms in total. The Kier molecular flexibility index (Phi) is 4.67. The summed E-state index contributed by atoms with van der Waals surface area (Å²) in [6.07, 6.45) is -1.85. The van der Waals surface area contributed by atoms with Crippen LogP contribution in [0, 0.1) is 5.82 Å². The molecule has 0 bridgehead atoms. The monoisotopic (exact) mass is 277 g/mol. The van der Waals surface area contributed by atoms with Crippen LogP contribution < -0.4 is 0 Å². The lowest BCUT2D eigenvalue weighted by molar-refractivity contribution is 0.146. The summed E-state index contributed by atoms with van der Waals surface area (Å²) in [6.45, 7) is 5.14. The maximum absolute atomic E-state index is 13.6. The molecule has 0 amide bonds. The third-order valence-corrected chi connectivity index (χ3v) is 3.45. The molecule has 1 aromatic carbocycles. The van der Waals surface area contributed by atoms with Gasteiger partial charge in [-0.05, 0) is 20.8 Å². The van der Waals surface area contributed by atoms with Gasteiger partial charge < -0.3 is 0 Å². The first-order valence-electron chi connectivity index (χ1n) is 5.26. The molecule has 100 valence electrons. The van der Waals surface area contributed by atoms with Gasteiger partial charge in [0.25, 0.3) is 6.43 Å². The Morgan fingerprint density at radius 3 is 2.44 bits per heavy atom. The van der Waals surface area contributed by atoms with Crippen molar-refractivity contribution >= 4 is 17.2 Å². The smallest absolute Gasteiger partial charge is 0.234 e. The Morgan fingerprint density at radius 1 is 1.33 bits per heavy atom. The topological polar surface area (TPSA) is 29.4 Å². The van der Waals surface area contributed by atoms with Crippen molar-refractivity contribution in [3.8, 4) is 0 Å². The van der Waals surface area contributed by atoms with E-state index < -0.39 is 33.5 Å². The molecule has 18 heavy (non-hydrogen) atoms. The first-order chi connectivity index (χ1) is 8.23. The molecular formula is C12H14F3NOS. The van der Waals surface area contributed by atoms with Crippen molar-refractivity contribution in [2.75, 3.05) is 0 Å². The van der Waals surface area contributed by atoms with Crippen LogP contribution in [-0.4, -0.2) is 15.2 Å². The van der Waals surface area contributed by atoms with Crippen LogP contribution in [-0.2, 0) is 11.0 Å². The summed E-state index contributed by atoms with van der Waals surface area (Å²) in [4.78, 5) is 0. The molecular weight excluding hydrogens is 263 g/mol. The minimum absolute atomic E-state index is 0.0922. The molecule has 0 spiro atoms. The van der Waals surface area contributed by atoms with E-state index in [4.69, 9.17) is 0 Å². The highest BCUT2D eigenvalue weighted by atomic mass is 32.2. The zero-order chi connectivity index (χ0) is 13.9. The van der Waals surface area contributed by atoms with Gasteiger partial charge in [-0.3, -0.25) is 0 Å². The molecule has 0 unspecified atom stereocenters. The van der Waals surface area contributed by atoms with Crippen molar-refractivity contribution in [3.05, 3.63) is 35.1 Å². The number of hydrogen-bond acceptors (Lipinski definition) is 1. The van der Waals surface area contributed by atoms with Crippen molar-refractivity contribution in [1.29, 1.82) is 0 Å². The number of alkyl halides is 2. The Bertz CT molecular complexity index is 481. The quantitative estimate of drug-likeness (QED) is 0.775. The van der Waals surface area contributed by atoms with Crippen LogP contribution in [0.4, 0.5) is 13.2 Å². The average molecular weight is 277 g/mol. The van der Waals surface area contributed by atoms with Crippen LogP contribution in [0.15, 0.2) is 22.6 Å². The lowest BCUT2D eigenvalue weighted by atomic mass is 10.1. The predicted molar refractivity (Wildman–Crippen MR) is 66.8 cm³/mol. The van der Waals surface area contributed by atoms with Gasteiger partial charge in [-0.25, -0.2) is 17.4 Å². The molecule has 0 radical (unpaired) electrons. The van der Waals surface area contributed by atoms with Crippen molar-refractivity contribution in [3.63, 3.8) is 0 Å². The normalized spacial score (nSPS) is 14.4. The van der Waals surface area contributed by atoms with E-state index in [1.165, 1.54) is 12.1 Å². The molecule has 0 heterocycles. The van der Waals surface area contributed by atoms with E-state index in [0.717, 1.165) is 12.3 Å². The Labute approximate surface area is 107 Å². The first-order valence-corrected chi connectivity index (χ1v) is 6.37. The van der Waals surface area contributed by atoms with E-state index in [1.54, 1.807) is 20.8 Å². The summed E-state index contributed by atoms with van der Waals surface area (Å²) in [7, 11) is -1.55. The molecule has 1 rings (SSSR count). The van der Waals surface area contributed by atoms with Crippen LogP contribution in [0.1, 0.15) is 38.3 Å². The van der Waals surface area contributed by atoms with E-state index in [9.17, 15) is 17.4 Å². The van der Waals surface area contributed by atoms with Gasteiger partial charge in [0.15, 0.2) is 0 Å². The second-order valence-electron chi connectivity index (χ2n) is 4.65. The molecule has 0 saturated carbocycles. The zero-order valence-corrected chi connectivity index (χ0v) is 11.1. The van der Waals surface area contributed by atoms with Gasteiger partial charge in [0.2, 0.25) is 0 Å². The average Bonchev–Trinajstić information content (AvgIpc) is 2.25. The minimum Gasteiger partial charge on any atom is -0.234 e. The number of hydrogen-bond donors (Lipinski definition) is 0. The lowest BCUT2D eigenvalue weighted by Gasteiger charge is -2.12. The van der Waals surface area contributed by atoms with Crippen molar-refractivity contribution in [2.24, 2.45) is 4.40 Å². The fourth-order valence-electron chi connectivity index (χ4n) is 1.10. The molecule has 6 heteroatoms. The van der Waals surface area contributed by atoms with Crippen LogP contribution in [0.25, 0.3) is 0 Å². The lowest BCUT2D eigenvalue weighted by Crippen LogP contribution is -2.19. The molecule has 0 N–H and O–H groups in total. The summed E-state index contributed by atoms with van der Waals surface area (Å²) < 4.78 is 53.2. The van der Waals surface area contributed by atoms with Gasteiger partial charge in [-0.15, -0.1) is 0 Å². The first kappa shape index (κ1) is 14.9. The fourth-order valence-corrected chi connectivity index (χ4v) is 1.62. The predicted octanol–water partition coefficient (Wildman–Crippen LogP) is 3.64. The largest absolute Gasteiger partial charge is 0.266 e. The summed E-state index contributed by atoms with van der Waals surface area (Å²) in [5.74, 6) is -1.03. The summed E-state index contributed by atoms with van der Waals surface area (Å²) in [5.41, 5.74) is -0.772. The van der Waals surface area contributed by atoms with Crippen molar-refractivity contribution in [1.82, 2.24) is 0 Å². The summed E-state index contributed by atoms with van der Waals surface area (Å²) in [6, 6.07) is 3.63. The molecule has 0 aromatic heterocycles. The van der Waals surface area contributed by atoms with Gasteiger partial charge in [0.1, 0.15) is 16.8 Å².